The summed E-state index contributed by atoms with van der Waals surface area (Å²) in [5, 5.41) is 17.2. The van der Waals surface area contributed by atoms with E-state index in [1.54, 1.807) is 0 Å². The van der Waals surface area contributed by atoms with Crippen molar-refractivity contribution in [1.82, 2.24) is 0 Å². The number of aliphatic hydroxyl groups is 2. The van der Waals surface area contributed by atoms with Crippen molar-refractivity contribution in [2.24, 2.45) is 0 Å². The molecule has 0 aromatic heterocycles. The first kappa shape index (κ1) is 17.3. The van der Waals surface area contributed by atoms with Crippen LogP contribution in [0.4, 0.5) is 0 Å². The topological polar surface area (TPSA) is 93.1 Å². The SMILES string of the molecule is I.O=CCOCC=O.O[C@@H]1COC[C@@H]1O. The molecule has 90 valence electrons. The van der Waals surface area contributed by atoms with Crippen molar-refractivity contribution in [2.45, 2.75) is 12.2 Å². The smallest absolute Gasteiger partial charge is 0.145 e. The zero-order chi connectivity index (χ0) is 10.8. The average Bonchev–Trinajstić information content (AvgIpc) is 2.53. The van der Waals surface area contributed by atoms with Gasteiger partial charge in [0.05, 0.1) is 13.2 Å². The lowest BCUT2D eigenvalue weighted by Crippen LogP contribution is -2.22. The molecule has 2 N–H and O–H groups in total. The molecule has 1 saturated heterocycles. The molecule has 0 aromatic rings. The van der Waals surface area contributed by atoms with Gasteiger partial charge in [-0.15, -0.1) is 24.0 Å². The molecule has 6 nitrogen and oxygen atoms in total. The first-order valence-electron chi connectivity index (χ1n) is 4.11. The van der Waals surface area contributed by atoms with Gasteiger partial charge in [-0.3, -0.25) is 0 Å². The highest BCUT2D eigenvalue weighted by atomic mass is 127. The molecule has 0 radical (unpaired) electrons. The van der Waals surface area contributed by atoms with Crippen LogP contribution in [0, 0.1) is 0 Å². The van der Waals surface area contributed by atoms with Crippen LogP contribution < -0.4 is 0 Å². The summed E-state index contributed by atoms with van der Waals surface area (Å²) >= 11 is 0. The lowest BCUT2D eigenvalue weighted by molar-refractivity contribution is -0.116. The molecule has 1 heterocycles. The van der Waals surface area contributed by atoms with Crippen molar-refractivity contribution >= 4 is 36.5 Å². The molecule has 1 aliphatic rings. The zero-order valence-corrected chi connectivity index (χ0v) is 10.4. The second-order valence-electron chi connectivity index (χ2n) is 2.54. The van der Waals surface area contributed by atoms with Crippen molar-refractivity contribution in [3.8, 4) is 0 Å². The fourth-order valence-electron chi connectivity index (χ4n) is 0.696. The van der Waals surface area contributed by atoms with Crippen molar-refractivity contribution in [3.05, 3.63) is 0 Å². The molecule has 0 spiro atoms. The predicted octanol–water partition coefficient (Wildman–Crippen LogP) is -1.24. The number of rotatable bonds is 4. The van der Waals surface area contributed by atoms with Gasteiger partial charge in [0.2, 0.25) is 0 Å². The van der Waals surface area contributed by atoms with Gasteiger partial charge in [0.15, 0.2) is 0 Å². The normalized spacial score (nSPS) is 23.3. The largest absolute Gasteiger partial charge is 0.388 e. The minimum atomic E-state index is -0.653. The van der Waals surface area contributed by atoms with Gasteiger partial charge in [0.1, 0.15) is 38.0 Å². The van der Waals surface area contributed by atoms with Gasteiger partial charge in [-0.25, -0.2) is 0 Å². The summed E-state index contributed by atoms with van der Waals surface area (Å²) in [6, 6.07) is 0. The summed E-state index contributed by atoms with van der Waals surface area (Å²) in [6.07, 6.45) is -0.104. The summed E-state index contributed by atoms with van der Waals surface area (Å²) in [4.78, 5) is 18.9. The minimum Gasteiger partial charge on any atom is -0.388 e. The number of aliphatic hydroxyl groups excluding tert-OH is 2. The molecule has 0 saturated carbocycles. The zero-order valence-electron chi connectivity index (χ0n) is 8.07. The maximum Gasteiger partial charge on any atom is 0.145 e. The number of aldehydes is 2. The van der Waals surface area contributed by atoms with Gasteiger partial charge in [-0.1, -0.05) is 0 Å². The maximum absolute atomic E-state index is 9.44. The monoisotopic (exact) mass is 334 g/mol. The van der Waals surface area contributed by atoms with Gasteiger partial charge in [-0.05, 0) is 0 Å². The molecular weight excluding hydrogens is 319 g/mol. The lowest BCUT2D eigenvalue weighted by atomic mass is 10.3. The van der Waals surface area contributed by atoms with E-state index >= 15 is 0 Å². The van der Waals surface area contributed by atoms with Crippen LogP contribution in [0.3, 0.4) is 0 Å². The second kappa shape index (κ2) is 12.0. The summed E-state index contributed by atoms with van der Waals surface area (Å²) in [5.74, 6) is 0. The standard InChI is InChI=1S/C4H8O3.C4H6O3.HI/c5-3-1-7-2-4(3)6;5-1-3-7-4-2-6;/h3-6H,1-2H2;1-2H,3-4H2;1H/t3-,4+;;. The van der Waals surface area contributed by atoms with E-state index in [4.69, 9.17) is 10.2 Å². The molecule has 0 aliphatic carbocycles. The molecule has 7 heteroatoms. The highest BCUT2D eigenvalue weighted by Crippen LogP contribution is 2.02. The number of hydrogen-bond donors (Lipinski definition) is 2. The van der Waals surface area contributed by atoms with Crippen LogP contribution in [0.5, 0.6) is 0 Å². The Hall–Kier alpha value is -0.0900. The Bertz CT molecular complexity index is 149. The average molecular weight is 334 g/mol. The quantitative estimate of drug-likeness (QED) is 0.379. The second-order valence-corrected chi connectivity index (χ2v) is 2.54. The lowest BCUT2D eigenvalue weighted by Gasteiger charge is -2.00. The molecule has 15 heavy (non-hydrogen) atoms. The number of hydrogen-bond acceptors (Lipinski definition) is 6. The molecule has 0 unspecified atom stereocenters. The fraction of sp³-hybridized carbons (Fsp3) is 0.750. The predicted molar refractivity (Wildman–Crippen MR) is 61.2 cm³/mol. The van der Waals surface area contributed by atoms with E-state index in [-0.39, 0.29) is 50.4 Å². The van der Waals surface area contributed by atoms with E-state index in [1.807, 2.05) is 0 Å². The van der Waals surface area contributed by atoms with Crippen LogP contribution >= 0.6 is 24.0 Å². The van der Waals surface area contributed by atoms with Crippen LogP contribution in [0.2, 0.25) is 0 Å². The molecule has 1 rings (SSSR count). The van der Waals surface area contributed by atoms with E-state index in [2.05, 4.69) is 9.47 Å². The third kappa shape index (κ3) is 10.2. The molecule has 0 aromatic carbocycles. The Balaban J connectivity index is 0. The third-order valence-electron chi connectivity index (χ3n) is 1.39. The van der Waals surface area contributed by atoms with Gasteiger partial charge in [-0.2, -0.15) is 0 Å². The summed E-state index contributed by atoms with van der Waals surface area (Å²) < 4.78 is 9.06. The van der Waals surface area contributed by atoms with Gasteiger partial charge in [0, 0.05) is 0 Å². The number of carbonyl (C=O) groups excluding carboxylic acids is 2. The third-order valence-corrected chi connectivity index (χ3v) is 1.39. The summed E-state index contributed by atoms with van der Waals surface area (Å²) in [7, 11) is 0. The Morgan fingerprint density at radius 1 is 1.13 bits per heavy atom. The van der Waals surface area contributed by atoms with E-state index in [0.29, 0.717) is 12.6 Å². The number of carbonyl (C=O) groups is 2. The number of ether oxygens (including phenoxy) is 2. The molecule has 0 amide bonds. The Morgan fingerprint density at radius 2 is 1.53 bits per heavy atom. The van der Waals surface area contributed by atoms with Crippen LogP contribution in [-0.2, 0) is 19.1 Å². The first-order valence-corrected chi connectivity index (χ1v) is 4.11. The van der Waals surface area contributed by atoms with Gasteiger partial charge >= 0.3 is 0 Å². The summed E-state index contributed by atoms with van der Waals surface area (Å²) in [5.41, 5.74) is 0. The molecule has 1 fully saturated rings. The maximum atomic E-state index is 9.44. The Kier molecular flexibility index (Phi) is 13.8. The van der Waals surface area contributed by atoms with Crippen LogP contribution in [0.25, 0.3) is 0 Å². The van der Waals surface area contributed by atoms with Crippen molar-refractivity contribution in [3.63, 3.8) is 0 Å². The highest BCUT2D eigenvalue weighted by Gasteiger charge is 2.22. The molecule has 1 aliphatic heterocycles. The Labute approximate surface area is 105 Å². The van der Waals surface area contributed by atoms with E-state index < -0.39 is 12.2 Å². The summed E-state index contributed by atoms with van der Waals surface area (Å²) in [6.45, 7) is 0.583. The van der Waals surface area contributed by atoms with Crippen molar-refractivity contribution < 1.29 is 29.3 Å². The first-order chi connectivity index (χ1) is 6.72. The minimum absolute atomic E-state index is 0. The highest BCUT2D eigenvalue weighted by molar-refractivity contribution is 14.0. The van der Waals surface area contributed by atoms with Crippen molar-refractivity contribution in [1.29, 1.82) is 0 Å². The van der Waals surface area contributed by atoms with E-state index in [9.17, 15) is 9.59 Å². The van der Waals surface area contributed by atoms with E-state index in [0.717, 1.165) is 0 Å². The van der Waals surface area contributed by atoms with Gasteiger partial charge < -0.3 is 29.3 Å². The molecule has 2 atom stereocenters. The molecular formula is C8H15IO6. The van der Waals surface area contributed by atoms with Gasteiger partial charge in [0.25, 0.3) is 0 Å². The van der Waals surface area contributed by atoms with Crippen LogP contribution in [0.1, 0.15) is 0 Å². The fourth-order valence-corrected chi connectivity index (χ4v) is 0.696. The van der Waals surface area contributed by atoms with Crippen molar-refractivity contribution in [2.75, 3.05) is 26.4 Å². The molecule has 0 bridgehead atoms. The van der Waals surface area contributed by atoms with Crippen LogP contribution in [0.15, 0.2) is 0 Å². The van der Waals surface area contributed by atoms with Crippen LogP contribution in [-0.4, -0.2) is 61.4 Å². The van der Waals surface area contributed by atoms with E-state index in [1.165, 1.54) is 0 Å². The Morgan fingerprint density at radius 3 is 1.73 bits per heavy atom. The number of halogens is 1.